The first-order valence-electron chi connectivity index (χ1n) is 9.32. The van der Waals surface area contributed by atoms with E-state index in [4.69, 9.17) is 9.47 Å². The molecule has 0 fully saturated rings. The smallest absolute Gasteiger partial charge is 0.338 e. The van der Waals surface area contributed by atoms with E-state index in [0.717, 1.165) is 5.56 Å². The van der Waals surface area contributed by atoms with Crippen molar-refractivity contribution in [1.82, 2.24) is 10.0 Å². The van der Waals surface area contributed by atoms with Gasteiger partial charge in [0.2, 0.25) is 10.0 Å². The Hall–Kier alpha value is -2.75. The first-order valence-corrected chi connectivity index (χ1v) is 10.8. The highest BCUT2D eigenvalue weighted by atomic mass is 32.2. The number of ether oxygens (including phenoxy) is 2. The lowest BCUT2D eigenvalue weighted by molar-refractivity contribution is -0.125. The second-order valence-electron chi connectivity index (χ2n) is 6.79. The van der Waals surface area contributed by atoms with Gasteiger partial charge in [-0.3, -0.25) is 4.79 Å². The summed E-state index contributed by atoms with van der Waals surface area (Å²) in [6.07, 6.45) is 0. The van der Waals surface area contributed by atoms with E-state index in [1.807, 2.05) is 30.3 Å². The number of carbonyl (C=O) groups is 2. The van der Waals surface area contributed by atoms with E-state index < -0.39 is 28.5 Å². The molecule has 2 aromatic rings. The Morgan fingerprint density at radius 3 is 2.47 bits per heavy atom. The summed E-state index contributed by atoms with van der Waals surface area (Å²) >= 11 is 0. The van der Waals surface area contributed by atoms with E-state index in [9.17, 15) is 18.0 Å². The van der Waals surface area contributed by atoms with E-state index in [-0.39, 0.29) is 23.0 Å². The van der Waals surface area contributed by atoms with Crippen LogP contribution in [0.15, 0.2) is 53.4 Å². The quantitative estimate of drug-likeness (QED) is 0.552. The normalized spacial score (nSPS) is 12.2. The maximum absolute atomic E-state index is 12.7. The molecule has 0 aliphatic heterocycles. The molecule has 1 amide bonds. The van der Waals surface area contributed by atoms with Crippen molar-refractivity contribution < 1.29 is 27.5 Å². The van der Waals surface area contributed by atoms with Gasteiger partial charge in [-0.1, -0.05) is 36.4 Å². The molecule has 0 saturated carbocycles. The molecule has 2 rings (SSSR count). The van der Waals surface area contributed by atoms with Gasteiger partial charge in [-0.15, -0.1) is 0 Å². The Morgan fingerprint density at radius 1 is 1.10 bits per heavy atom. The molecule has 0 saturated heterocycles. The number of esters is 1. The van der Waals surface area contributed by atoms with Crippen LogP contribution in [0, 0.1) is 6.92 Å². The van der Waals surface area contributed by atoms with Crippen molar-refractivity contribution in [3.8, 4) is 0 Å². The summed E-state index contributed by atoms with van der Waals surface area (Å²) in [5, 5.41) is 2.62. The van der Waals surface area contributed by atoms with Crippen molar-refractivity contribution in [1.29, 1.82) is 0 Å². The molecule has 30 heavy (non-hydrogen) atoms. The number of amides is 1. The second kappa shape index (κ2) is 10.9. The van der Waals surface area contributed by atoms with E-state index in [2.05, 4.69) is 10.0 Å². The molecule has 1 unspecified atom stereocenters. The third-order valence-corrected chi connectivity index (χ3v) is 5.72. The zero-order valence-corrected chi connectivity index (χ0v) is 18.0. The Morgan fingerprint density at radius 2 is 1.80 bits per heavy atom. The molecule has 0 heterocycles. The predicted octanol–water partition coefficient (Wildman–Crippen LogP) is 1.78. The fourth-order valence-electron chi connectivity index (χ4n) is 2.69. The summed E-state index contributed by atoms with van der Waals surface area (Å²) in [7, 11) is -2.34. The van der Waals surface area contributed by atoms with Crippen LogP contribution in [0.5, 0.6) is 0 Å². The number of nitrogens with one attached hydrogen (secondary N) is 2. The molecule has 0 aliphatic carbocycles. The van der Waals surface area contributed by atoms with E-state index in [0.29, 0.717) is 12.2 Å². The summed E-state index contributed by atoms with van der Waals surface area (Å²) in [6.45, 7) is 3.36. The number of rotatable bonds is 10. The first-order chi connectivity index (χ1) is 14.2. The van der Waals surface area contributed by atoms with Crippen LogP contribution < -0.4 is 10.0 Å². The molecule has 8 nitrogen and oxygen atoms in total. The van der Waals surface area contributed by atoms with Gasteiger partial charge in [0.05, 0.1) is 17.1 Å². The van der Waals surface area contributed by atoms with Gasteiger partial charge in [0.15, 0.2) is 6.61 Å². The molecule has 0 bridgehead atoms. The van der Waals surface area contributed by atoms with Crippen LogP contribution >= 0.6 is 0 Å². The molecule has 0 spiro atoms. The topological polar surface area (TPSA) is 111 Å². The number of sulfonamides is 1. The predicted molar refractivity (Wildman–Crippen MR) is 111 cm³/mol. The standard InChI is InChI=1S/C21H26N2O6S/c1-15-9-10-18(21(25)29-14-20(24)23-16(2)13-28-3)11-19(15)30(26,27)22-12-17-7-5-4-6-8-17/h4-11,16,22H,12-14H2,1-3H3,(H,23,24). The zero-order chi connectivity index (χ0) is 22.1. The van der Waals surface area contributed by atoms with Gasteiger partial charge in [-0.05, 0) is 37.1 Å². The number of methoxy groups -OCH3 is 1. The number of aryl methyl sites for hydroxylation is 1. The van der Waals surface area contributed by atoms with Crippen LogP contribution in [-0.4, -0.2) is 46.7 Å². The molecule has 2 aromatic carbocycles. The summed E-state index contributed by atoms with van der Waals surface area (Å²) < 4.78 is 37.9. The summed E-state index contributed by atoms with van der Waals surface area (Å²) in [5.41, 5.74) is 1.33. The molecule has 0 aromatic heterocycles. The van der Waals surface area contributed by atoms with E-state index in [1.54, 1.807) is 13.8 Å². The molecular formula is C21H26N2O6S. The minimum absolute atomic E-state index is 0.0222. The fourth-order valence-corrected chi connectivity index (χ4v) is 3.98. The second-order valence-corrected chi connectivity index (χ2v) is 8.53. The average Bonchev–Trinajstić information content (AvgIpc) is 2.71. The van der Waals surface area contributed by atoms with Gasteiger partial charge in [0, 0.05) is 19.7 Å². The van der Waals surface area contributed by atoms with Crippen molar-refractivity contribution >= 4 is 21.9 Å². The minimum Gasteiger partial charge on any atom is -0.452 e. The Balaban J connectivity index is 2.04. The number of hydrogen-bond donors (Lipinski definition) is 2. The fraction of sp³-hybridized carbons (Fsp3) is 0.333. The highest BCUT2D eigenvalue weighted by Gasteiger charge is 2.20. The lowest BCUT2D eigenvalue weighted by Crippen LogP contribution is -2.38. The SMILES string of the molecule is COCC(C)NC(=O)COC(=O)c1ccc(C)c(S(=O)(=O)NCc2ccccc2)c1. The maximum Gasteiger partial charge on any atom is 0.338 e. The number of benzene rings is 2. The van der Waals surface area contributed by atoms with Crippen molar-refractivity contribution in [3.63, 3.8) is 0 Å². The molecular weight excluding hydrogens is 408 g/mol. The molecule has 1 atom stereocenters. The van der Waals surface area contributed by atoms with Crippen LogP contribution in [-0.2, 0) is 30.8 Å². The third-order valence-electron chi connectivity index (χ3n) is 4.18. The summed E-state index contributed by atoms with van der Waals surface area (Å²) in [5.74, 6) is -1.26. The number of hydrogen-bond acceptors (Lipinski definition) is 6. The van der Waals surface area contributed by atoms with E-state index in [1.165, 1.54) is 25.3 Å². The molecule has 162 valence electrons. The highest BCUT2D eigenvalue weighted by molar-refractivity contribution is 7.89. The van der Waals surface area contributed by atoms with Crippen LogP contribution in [0.3, 0.4) is 0 Å². The monoisotopic (exact) mass is 434 g/mol. The minimum atomic E-state index is -3.85. The van der Waals surface area contributed by atoms with Gasteiger partial charge in [0.1, 0.15) is 0 Å². The van der Waals surface area contributed by atoms with Crippen LogP contribution in [0.1, 0.15) is 28.4 Å². The van der Waals surface area contributed by atoms with Gasteiger partial charge in [-0.2, -0.15) is 0 Å². The van der Waals surface area contributed by atoms with Gasteiger partial charge in [0.25, 0.3) is 5.91 Å². The Kier molecular flexibility index (Phi) is 8.52. The zero-order valence-electron chi connectivity index (χ0n) is 17.2. The summed E-state index contributed by atoms with van der Waals surface area (Å²) in [6, 6.07) is 13.1. The summed E-state index contributed by atoms with van der Waals surface area (Å²) in [4.78, 5) is 24.1. The van der Waals surface area contributed by atoms with Gasteiger partial charge in [-0.25, -0.2) is 17.9 Å². The largest absolute Gasteiger partial charge is 0.452 e. The van der Waals surface area contributed by atoms with E-state index >= 15 is 0 Å². The van der Waals surface area contributed by atoms with Crippen LogP contribution in [0.2, 0.25) is 0 Å². The van der Waals surface area contributed by atoms with Crippen molar-refractivity contribution in [2.24, 2.45) is 0 Å². The molecule has 2 N–H and O–H groups in total. The molecule has 0 aliphatic rings. The Labute approximate surface area is 176 Å². The maximum atomic E-state index is 12.7. The number of carbonyl (C=O) groups excluding carboxylic acids is 2. The van der Waals surface area contributed by atoms with Crippen LogP contribution in [0.25, 0.3) is 0 Å². The lowest BCUT2D eigenvalue weighted by Gasteiger charge is -2.13. The highest BCUT2D eigenvalue weighted by Crippen LogP contribution is 2.18. The van der Waals surface area contributed by atoms with Gasteiger partial charge >= 0.3 is 5.97 Å². The average molecular weight is 435 g/mol. The van der Waals surface area contributed by atoms with Gasteiger partial charge < -0.3 is 14.8 Å². The van der Waals surface area contributed by atoms with Crippen molar-refractivity contribution in [2.45, 2.75) is 31.3 Å². The third kappa shape index (κ3) is 6.94. The Bertz CT molecular complexity index is 976. The van der Waals surface area contributed by atoms with Crippen molar-refractivity contribution in [3.05, 3.63) is 65.2 Å². The first kappa shape index (κ1) is 23.5. The molecule has 0 radical (unpaired) electrons. The van der Waals surface area contributed by atoms with Crippen LogP contribution in [0.4, 0.5) is 0 Å². The van der Waals surface area contributed by atoms with Crippen molar-refractivity contribution in [2.75, 3.05) is 20.3 Å². The molecule has 9 heteroatoms. The lowest BCUT2D eigenvalue weighted by atomic mass is 10.1.